The van der Waals surface area contributed by atoms with Crippen LogP contribution in [-0.4, -0.2) is 36.7 Å². The number of amides is 1. The maximum atomic E-state index is 12.3. The molecule has 1 aromatic carbocycles. The zero-order valence-corrected chi connectivity index (χ0v) is 12.0. The van der Waals surface area contributed by atoms with Gasteiger partial charge in [-0.2, -0.15) is 4.31 Å². The van der Waals surface area contributed by atoms with Gasteiger partial charge in [-0.05, 0) is 12.1 Å². The van der Waals surface area contributed by atoms with Crippen molar-refractivity contribution in [2.75, 3.05) is 13.1 Å². The van der Waals surface area contributed by atoms with Crippen LogP contribution in [0.15, 0.2) is 29.2 Å². The monoisotopic (exact) mass is 301 g/mol. The molecule has 0 unspecified atom stereocenters. The summed E-state index contributed by atoms with van der Waals surface area (Å²) in [7, 11) is -3.78. The average Bonchev–Trinajstić information content (AvgIpc) is 2.35. The van der Waals surface area contributed by atoms with E-state index in [1.807, 2.05) is 0 Å². The molecule has 0 fully saturated rings. The number of hydrogen-bond donors (Lipinski definition) is 2. The van der Waals surface area contributed by atoms with Crippen LogP contribution in [0.25, 0.3) is 0 Å². The Balaban J connectivity index is 3.21. The highest BCUT2D eigenvalue weighted by atomic mass is 32.2. The third kappa shape index (κ3) is 3.72. The van der Waals surface area contributed by atoms with Crippen molar-refractivity contribution in [2.45, 2.75) is 11.8 Å². The van der Waals surface area contributed by atoms with Crippen LogP contribution in [0.2, 0.25) is 0 Å². The van der Waals surface area contributed by atoms with Crippen LogP contribution in [0.4, 0.5) is 0 Å². The second-order valence-electron chi connectivity index (χ2n) is 3.79. The van der Waals surface area contributed by atoms with Gasteiger partial charge in [0.1, 0.15) is 4.99 Å². The maximum absolute atomic E-state index is 12.3. The molecule has 0 spiro atoms. The van der Waals surface area contributed by atoms with Crippen molar-refractivity contribution in [3.05, 3.63) is 29.8 Å². The van der Waals surface area contributed by atoms with Crippen LogP contribution in [0, 0.1) is 0 Å². The average molecular weight is 301 g/mol. The van der Waals surface area contributed by atoms with E-state index in [1.165, 1.54) is 12.1 Å². The Morgan fingerprint density at radius 2 is 2.00 bits per heavy atom. The minimum atomic E-state index is -3.78. The number of thiocarbonyl (C=S) groups is 1. The molecule has 0 heterocycles. The summed E-state index contributed by atoms with van der Waals surface area (Å²) < 4.78 is 25.6. The summed E-state index contributed by atoms with van der Waals surface area (Å²) in [6, 6.07) is 5.95. The molecule has 8 heteroatoms. The van der Waals surface area contributed by atoms with Gasteiger partial charge in [-0.1, -0.05) is 31.3 Å². The predicted octanol–water partition coefficient (Wildman–Crippen LogP) is -0.183. The molecule has 19 heavy (non-hydrogen) atoms. The Morgan fingerprint density at radius 3 is 2.47 bits per heavy atom. The predicted molar refractivity (Wildman–Crippen MR) is 76.0 cm³/mol. The number of rotatable bonds is 6. The molecule has 0 aliphatic heterocycles. The molecule has 0 saturated heterocycles. The molecule has 104 valence electrons. The summed E-state index contributed by atoms with van der Waals surface area (Å²) in [5.74, 6) is -0.712. The molecular formula is C11H15N3O3S2. The molecule has 0 radical (unpaired) electrons. The zero-order valence-electron chi connectivity index (χ0n) is 10.4. The number of nitrogens with zero attached hydrogens (tertiary/aromatic N) is 1. The molecule has 1 aromatic rings. The maximum Gasteiger partial charge on any atom is 0.243 e. The number of nitrogens with two attached hydrogens (primary N) is 2. The Bertz CT molecular complexity index is 599. The molecule has 0 saturated carbocycles. The molecule has 6 nitrogen and oxygen atoms in total. The van der Waals surface area contributed by atoms with E-state index >= 15 is 0 Å². The van der Waals surface area contributed by atoms with Gasteiger partial charge in [-0.25, -0.2) is 8.42 Å². The number of carbonyl (C=O) groups is 1. The van der Waals surface area contributed by atoms with E-state index < -0.39 is 15.9 Å². The second kappa shape index (κ2) is 6.09. The van der Waals surface area contributed by atoms with Gasteiger partial charge in [0.25, 0.3) is 0 Å². The Kier molecular flexibility index (Phi) is 4.98. The van der Waals surface area contributed by atoms with Crippen molar-refractivity contribution in [1.29, 1.82) is 0 Å². The van der Waals surface area contributed by atoms with E-state index in [9.17, 15) is 13.2 Å². The Morgan fingerprint density at radius 1 is 1.37 bits per heavy atom. The number of benzene rings is 1. The number of primary amides is 1. The Hall–Kier alpha value is -1.51. The largest absolute Gasteiger partial charge is 0.389 e. The zero-order chi connectivity index (χ0) is 14.6. The van der Waals surface area contributed by atoms with Crippen LogP contribution < -0.4 is 11.5 Å². The van der Waals surface area contributed by atoms with E-state index in [-0.39, 0.29) is 23.0 Å². The lowest BCUT2D eigenvalue weighted by atomic mass is 10.2. The topological polar surface area (TPSA) is 106 Å². The number of sulfonamides is 1. The van der Waals surface area contributed by atoms with Crippen molar-refractivity contribution < 1.29 is 13.2 Å². The van der Waals surface area contributed by atoms with E-state index in [0.717, 1.165) is 4.31 Å². The second-order valence-corrected chi connectivity index (χ2v) is 6.17. The van der Waals surface area contributed by atoms with Gasteiger partial charge in [0, 0.05) is 12.1 Å². The van der Waals surface area contributed by atoms with E-state index in [0.29, 0.717) is 5.56 Å². The van der Waals surface area contributed by atoms with Crippen LogP contribution in [-0.2, 0) is 14.8 Å². The van der Waals surface area contributed by atoms with Crippen molar-refractivity contribution in [2.24, 2.45) is 11.5 Å². The minimum absolute atomic E-state index is 0.0286. The fraction of sp³-hybridized carbons (Fsp3) is 0.273. The molecule has 0 aliphatic rings. The highest BCUT2D eigenvalue weighted by Gasteiger charge is 2.24. The third-order valence-corrected chi connectivity index (χ3v) is 4.59. The third-order valence-electron chi connectivity index (χ3n) is 2.44. The van der Waals surface area contributed by atoms with Crippen LogP contribution >= 0.6 is 12.2 Å². The molecule has 0 aliphatic carbocycles. The normalized spacial score (nSPS) is 11.5. The van der Waals surface area contributed by atoms with Crippen LogP contribution in [0.1, 0.15) is 12.5 Å². The van der Waals surface area contributed by atoms with Gasteiger partial charge in [0.05, 0.1) is 11.4 Å². The molecule has 1 amide bonds. The van der Waals surface area contributed by atoms with Gasteiger partial charge >= 0.3 is 0 Å². The quantitative estimate of drug-likeness (QED) is 0.709. The molecule has 4 N–H and O–H groups in total. The summed E-state index contributed by atoms with van der Waals surface area (Å²) in [4.78, 5) is 11.0. The van der Waals surface area contributed by atoms with Crippen molar-refractivity contribution in [1.82, 2.24) is 4.31 Å². The highest BCUT2D eigenvalue weighted by Crippen LogP contribution is 2.16. The van der Waals surface area contributed by atoms with Gasteiger partial charge < -0.3 is 11.5 Å². The number of likely N-dealkylation sites (N-methyl/N-ethyl adjacent to an activating group) is 1. The lowest BCUT2D eigenvalue weighted by Crippen LogP contribution is -2.38. The first-order chi connectivity index (χ1) is 8.78. The van der Waals surface area contributed by atoms with Crippen molar-refractivity contribution >= 4 is 33.1 Å². The van der Waals surface area contributed by atoms with Crippen LogP contribution in [0.5, 0.6) is 0 Å². The first kappa shape index (κ1) is 15.5. The summed E-state index contributed by atoms with van der Waals surface area (Å²) in [5, 5.41) is 0. The number of carbonyl (C=O) groups excluding carboxylic acids is 1. The first-order valence-corrected chi connectivity index (χ1v) is 7.32. The Labute approximate surface area is 117 Å². The van der Waals surface area contributed by atoms with E-state index in [4.69, 9.17) is 23.7 Å². The fourth-order valence-electron chi connectivity index (χ4n) is 1.50. The summed E-state index contributed by atoms with van der Waals surface area (Å²) in [5.41, 5.74) is 11.0. The summed E-state index contributed by atoms with van der Waals surface area (Å²) in [6.07, 6.45) is 0. The van der Waals surface area contributed by atoms with Crippen molar-refractivity contribution in [3.63, 3.8) is 0 Å². The SMILES string of the molecule is CCN(CC(N)=O)S(=O)(=O)c1cccc(C(N)=S)c1. The molecular weight excluding hydrogens is 286 g/mol. The van der Waals surface area contributed by atoms with Crippen LogP contribution in [0.3, 0.4) is 0 Å². The van der Waals surface area contributed by atoms with Gasteiger partial charge in [0.15, 0.2) is 0 Å². The molecule has 1 rings (SSSR count). The fourth-order valence-corrected chi connectivity index (χ4v) is 3.09. The lowest BCUT2D eigenvalue weighted by Gasteiger charge is -2.19. The molecule has 0 atom stereocenters. The van der Waals surface area contributed by atoms with Gasteiger partial charge in [0.2, 0.25) is 15.9 Å². The summed E-state index contributed by atoms with van der Waals surface area (Å²) >= 11 is 4.80. The van der Waals surface area contributed by atoms with E-state index in [1.54, 1.807) is 19.1 Å². The molecule has 0 aromatic heterocycles. The van der Waals surface area contributed by atoms with Gasteiger partial charge in [-0.3, -0.25) is 4.79 Å². The molecule has 0 bridgehead atoms. The smallest absolute Gasteiger partial charge is 0.243 e. The van der Waals surface area contributed by atoms with Gasteiger partial charge in [-0.15, -0.1) is 0 Å². The lowest BCUT2D eigenvalue weighted by molar-refractivity contribution is -0.118. The number of hydrogen-bond acceptors (Lipinski definition) is 4. The van der Waals surface area contributed by atoms with E-state index in [2.05, 4.69) is 0 Å². The summed E-state index contributed by atoms with van der Waals surface area (Å²) in [6.45, 7) is 1.40. The standard InChI is InChI=1S/C11H15N3O3S2/c1-2-14(7-10(12)15)19(16,17)9-5-3-4-8(6-9)11(13)18/h3-6H,2,7H2,1H3,(H2,12,15)(H2,13,18). The minimum Gasteiger partial charge on any atom is -0.389 e. The highest BCUT2D eigenvalue weighted by molar-refractivity contribution is 7.89. The first-order valence-electron chi connectivity index (χ1n) is 5.47. The van der Waals surface area contributed by atoms with Crippen molar-refractivity contribution in [3.8, 4) is 0 Å².